The maximum Gasteiger partial charge on any atom is 0.293 e. The summed E-state index contributed by atoms with van der Waals surface area (Å²) in [4.78, 5) is 9.07. The van der Waals surface area contributed by atoms with E-state index < -0.39 is 11.0 Å². The van der Waals surface area contributed by atoms with Gasteiger partial charge in [0, 0.05) is 5.92 Å². The predicted molar refractivity (Wildman–Crippen MR) is 46.2 cm³/mol. The first-order chi connectivity index (χ1) is 6.20. The Morgan fingerprint density at radius 1 is 1.38 bits per heavy atom. The molecule has 13 heavy (non-hydrogen) atoms. The van der Waals surface area contributed by atoms with Crippen LogP contribution in [0.2, 0.25) is 0 Å². The minimum atomic E-state index is -1.09. The Morgan fingerprint density at radius 2 is 2.00 bits per heavy atom. The van der Waals surface area contributed by atoms with Gasteiger partial charge in [0.1, 0.15) is 11.0 Å². The van der Waals surface area contributed by atoms with Crippen molar-refractivity contribution in [1.29, 1.82) is 0 Å². The second-order valence-electron chi connectivity index (χ2n) is 2.33. The van der Waals surface area contributed by atoms with E-state index in [0.717, 1.165) is 0 Å². The highest BCUT2D eigenvalue weighted by Gasteiger charge is 2.02. The molecule has 0 spiro atoms. The first-order valence-corrected chi connectivity index (χ1v) is 3.58. The van der Waals surface area contributed by atoms with Crippen LogP contribution >= 0.6 is 0 Å². The molecule has 0 aromatic heterocycles. The van der Waals surface area contributed by atoms with Crippen molar-refractivity contribution in [3.8, 4) is 12.0 Å². The van der Waals surface area contributed by atoms with Gasteiger partial charge in [-0.15, -0.1) is 0 Å². The van der Waals surface area contributed by atoms with E-state index in [4.69, 9.17) is 0 Å². The van der Waals surface area contributed by atoms with Crippen LogP contribution in [-0.4, -0.2) is 10.0 Å². The number of hydrogen-bond donors (Lipinski definition) is 1. The Morgan fingerprint density at radius 3 is 2.54 bits per heavy atom. The summed E-state index contributed by atoms with van der Waals surface area (Å²) in [5, 5.41) is 19.1. The standard InChI is InChI=1S/C9H7NO3/c11-9(6-7-10(12)13)8-4-2-1-3-5-8/h1-5,9,11H. The molecule has 1 rings (SSSR count). The van der Waals surface area contributed by atoms with E-state index in [2.05, 4.69) is 5.92 Å². The summed E-state index contributed by atoms with van der Waals surface area (Å²) in [6.45, 7) is 0. The number of aliphatic hydroxyl groups excluding tert-OH is 1. The van der Waals surface area contributed by atoms with Crippen molar-refractivity contribution in [2.24, 2.45) is 0 Å². The summed E-state index contributed by atoms with van der Waals surface area (Å²) < 4.78 is 0. The normalized spacial score (nSPS) is 11.2. The van der Waals surface area contributed by atoms with Gasteiger partial charge < -0.3 is 5.11 Å². The molecule has 1 unspecified atom stereocenters. The summed E-state index contributed by atoms with van der Waals surface area (Å²) in [5.74, 6) is 2.10. The van der Waals surface area contributed by atoms with Gasteiger partial charge >= 0.3 is 0 Å². The molecule has 4 nitrogen and oxygen atoms in total. The molecule has 0 aliphatic rings. The molecule has 0 radical (unpaired) electrons. The van der Waals surface area contributed by atoms with Crippen LogP contribution in [-0.2, 0) is 0 Å². The fraction of sp³-hybridized carbons (Fsp3) is 0.111. The van der Waals surface area contributed by atoms with Crippen LogP contribution in [0.5, 0.6) is 0 Å². The second kappa shape index (κ2) is 4.24. The maximum absolute atomic E-state index is 9.86. The largest absolute Gasteiger partial charge is 0.376 e. The topological polar surface area (TPSA) is 63.4 Å². The molecule has 1 aromatic rings. The van der Waals surface area contributed by atoms with E-state index in [1.165, 1.54) is 0 Å². The molecule has 0 fully saturated rings. The van der Waals surface area contributed by atoms with E-state index in [-0.39, 0.29) is 0 Å². The van der Waals surface area contributed by atoms with Crippen molar-refractivity contribution in [2.45, 2.75) is 6.10 Å². The quantitative estimate of drug-likeness (QED) is 0.300. The average Bonchev–Trinajstić information content (AvgIpc) is 2.15. The van der Waals surface area contributed by atoms with Crippen molar-refractivity contribution < 1.29 is 10.0 Å². The number of aliphatic hydroxyl groups is 1. The number of nitrogens with zero attached hydrogens (tertiary/aromatic N) is 1. The van der Waals surface area contributed by atoms with Crippen molar-refractivity contribution in [2.75, 3.05) is 0 Å². The molecule has 0 saturated heterocycles. The van der Waals surface area contributed by atoms with Gasteiger partial charge in [-0.2, -0.15) is 0 Å². The van der Waals surface area contributed by atoms with Crippen LogP contribution in [0.3, 0.4) is 0 Å². The van der Waals surface area contributed by atoms with Crippen LogP contribution in [0.15, 0.2) is 30.3 Å². The smallest absolute Gasteiger partial charge is 0.293 e. The molecule has 0 saturated carbocycles. The fourth-order valence-electron chi connectivity index (χ4n) is 0.833. The lowest BCUT2D eigenvalue weighted by molar-refractivity contribution is -0.379. The number of benzene rings is 1. The molecule has 0 bridgehead atoms. The van der Waals surface area contributed by atoms with Crippen molar-refractivity contribution in [3.05, 3.63) is 46.0 Å². The molecule has 0 aliphatic heterocycles. The molecule has 1 aromatic carbocycles. The lowest BCUT2D eigenvalue weighted by Crippen LogP contribution is -1.94. The highest BCUT2D eigenvalue weighted by atomic mass is 16.6. The van der Waals surface area contributed by atoms with Crippen LogP contribution in [0.1, 0.15) is 11.7 Å². The van der Waals surface area contributed by atoms with Gasteiger partial charge in [-0.05, 0) is 5.56 Å². The third kappa shape index (κ3) is 2.93. The Bertz CT molecular complexity index is 350. The molecular weight excluding hydrogens is 170 g/mol. The van der Waals surface area contributed by atoms with Crippen molar-refractivity contribution >= 4 is 0 Å². The van der Waals surface area contributed by atoms with Gasteiger partial charge in [0.2, 0.25) is 0 Å². The van der Waals surface area contributed by atoms with E-state index in [9.17, 15) is 15.2 Å². The number of hydrogen-bond acceptors (Lipinski definition) is 3. The minimum absolute atomic E-state index is 0.553. The van der Waals surface area contributed by atoms with Gasteiger partial charge in [0.05, 0.1) is 0 Å². The first-order valence-electron chi connectivity index (χ1n) is 3.58. The Labute approximate surface area is 75.0 Å². The Hall–Kier alpha value is -1.86. The van der Waals surface area contributed by atoms with Gasteiger partial charge in [0.15, 0.2) is 0 Å². The third-order valence-electron chi connectivity index (χ3n) is 1.41. The van der Waals surface area contributed by atoms with E-state index >= 15 is 0 Å². The SMILES string of the molecule is O=[N+]([O-])C#CC(O)c1ccccc1. The monoisotopic (exact) mass is 177 g/mol. The number of rotatable bonds is 1. The van der Waals surface area contributed by atoms with E-state index in [1.54, 1.807) is 36.4 Å². The molecule has 0 aliphatic carbocycles. The molecule has 1 atom stereocenters. The highest BCUT2D eigenvalue weighted by molar-refractivity contribution is 5.23. The summed E-state index contributed by atoms with van der Waals surface area (Å²) >= 11 is 0. The van der Waals surface area contributed by atoms with Crippen LogP contribution in [0.25, 0.3) is 0 Å². The zero-order valence-electron chi connectivity index (χ0n) is 6.68. The van der Waals surface area contributed by atoms with Gasteiger partial charge in [-0.25, -0.2) is 10.1 Å². The second-order valence-corrected chi connectivity index (χ2v) is 2.33. The average molecular weight is 177 g/mol. The lowest BCUT2D eigenvalue weighted by Gasteiger charge is -1.99. The van der Waals surface area contributed by atoms with E-state index in [1.807, 2.05) is 0 Å². The first kappa shape index (κ1) is 9.23. The van der Waals surface area contributed by atoms with Gasteiger partial charge in [-0.1, -0.05) is 30.3 Å². The summed E-state index contributed by atoms with van der Waals surface area (Å²) in [6.07, 6.45) is -1.09. The molecule has 1 N–H and O–H groups in total. The summed E-state index contributed by atoms with van der Waals surface area (Å²) in [7, 11) is 0. The Kier molecular flexibility index (Phi) is 3.01. The fourth-order valence-corrected chi connectivity index (χ4v) is 0.833. The predicted octanol–water partition coefficient (Wildman–Crippen LogP) is 0.958. The van der Waals surface area contributed by atoms with E-state index in [0.29, 0.717) is 5.56 Å². The van der Waals surface area contributed by atoms with Crippen LogP contribution in [0.4, 0.5) is 0 Å². The Balaban J connectivity index is 2.77. The molecular formula is C9H7NO3. The van der Waals surface area contributed by atoms with Crippen molar-refractivity contribution in [1.82, 2.24) is 0 Å². The van der Waals surface area contributed by atoms with Gasteiger partial charge in [0.25, 0.3) is 6.04 Å². The molecule has 66 valence electrons. The van der Waals surface area contributed by atoms with Gasteiger partial charge in [-0.3, -0.25) is 0 Å². The zero-order valence-corrected chi connectivity index (χ0v) is 6.68. The third-order valence-corrected chi connectivity index (χ3v) is 1.41. The van der Waals surface area contributed by atoms with Crippen molar-refractivity contribution in [3.63, 3.8) is 0 Å². The molecule has 4 heteroatoms. The highest BCUT2D eigenvalue weighted by Crippen LogP contribution is 2.09. The molecule has 0 amide bonds. The van der Waals surface area contributed by atoms with Crippen LogP contribution < -0.4 is 0 Å². The molecule has 0 heterocycles. The summed E-state index contributed by atoms with van der Waals surface area (Å²) in [5.41, 5.74) is 0.553. The van der Waals surface area contributed by atoms with Crippen LogP contribution in [0, 0.1) is 22.1 Å². The number of nitro groups is 1. The summed E-state index contributed by atoms with van der Waals surface area (Å²) in [6, 6.07) is 10.2. The zero-order chi connectivity index (χ0) is 9.68. The maximum atomic E-state index is 9.86. The lowest BCUT2D eigenvalue weighted by atomic mass is 10.1. The minimum Gasteiger partial charge on any atom is -0.376 e.